The zero-order valence-electron chi connectivity index (χ0n) is 38.8. The van der Waals surface area contributed by atoms with Crippen LogP contribution in [0.2, 0.25) is 0 Å². The van der Waals surface area contributed by atoms with Crippen LogP contribution in [0, 0.1) is 10.8 Å². The average Bonchev–Trinajstić information content (AvgIpc) is 3.38. The van der Waals surface area contributed by atoms with Gasteiger partial charge in [-0.25, -0.2) is 71.2 Å². The van der Waals surface area contributed by atoms with Gasteiger partial charge < -0.3 is 47.4 Å². The monoisotopic (exact) mass is 1000 g/mol. The van der Waals surface area contributed by atoms with Crippen molar-refractivity contribution in [2.45, 2.75) is 19.6 Å². The van der Waals surface area contributed by atoms with E-state index in [-0.39, 0.29) is 39.5 Å². The molecule has 0 atom stereocenters. The molecule has 0 unspecified atom stereocenters. The number of ether oxygens (including phenoxy) is 10. The lowest BCUT2D eigenvalue weighted by Crippen LogP contribution is -2.55. The second kappa shape index (κ2) is 33.7. The first-order valence-corrected chi connectivity index (χ1v) is 20.4. The van der Waals surface area contributed by atoms with Gasteiger partial charge in [-0.1, -0.05) is 59.2 Å². The van der Waals surface area contributed by atoms with Gasteiger partial charge in [-0.15, -0.1) is 0 Å². The van der Waals surface area contributed by atoms with Crippen LogP contribution in [0.15, 0.2) is 128 Å². The molecule has 0 N–H and O–H groups in total. The molecule has 25 heteroatoms. The van der Waals surface area contributed by atoms with Gasteiger partial charge in [-0.05, 0) is 0 Å². The Balaban J connectivity index is 0.00000145. The van der Waals surface area contributed by atoms with E-state index in [1.54, 1.807) is 0 Å². The van der Waals surface area contributed by atoms with Gasteiger partial charge in [0.15, 0.2) is 0 Å². The van der Waals surface area contributed by atoms with Gasteiger partial charge >= 0.3 is 70.8 Å². The van der Waals surface area contributed by atoms with Gasteiger partial charge in [-0.3, -0.25) is 0 Å². The van der Waals surface area contributed by atoms with Crippen LogP contribution in [0.5, 0.6) is 0 Å². The van der Waals surface area contributed by atoms with E-state index in [1.165, 1.54) is 0 Å². The Labute approximate surface area is 405 Å². The van der Waals surface area contributed by atoms with Gasteiger partial charge in [0, 0.05) is 54.7 Å². The maximum atomic E-state index is 12.6. The Kier molecular flexibility index (Phi) is 29.5. The number of carbonyl (C=O) groups excluding carboxylic acids is 9. The Morgan fingerprint density at radius 1 is 0.310 bits per heavy atom. The molecule has 0 radical (unpaired) electrons. The third-order valence-corrected chi connectivity index (χ3v) is 8.50. The molecule has 1 rings (SSSR count). The minimum Gasteiger partial charge on any atom is -0.462 e. The Hall–Kier alpha value is -8.74. The van der Waals surface area contributed by atoms with Crippen molar-refractivity contribution >= 4 is 53.7 Å². The Bertz CT molecular complexity index is 2010. The summed E-state index contributed by atoms with van der Waals surface area (Å²) in [7, 11) is 0. The second-order valence-electron chi connectivity index (χ2n) is 13.8. The molecule has 386 valence electrons. The fraction of sp³-hybridized carbons (Fsp3) is 0.348. The topological polar surface area (TPSA) is 312 Å². The van der Waals surface area contributed by atoms with Gasteiger partial charge in [0.1, 0.15) is 59.5 Å². The number of rotatable bonds is 34. The Morgan fingerprint density at radius 2 is 0.479 bits per heavy atom. The zero-order chi connectivity index (χ0) is 54.0. The minimum atomic E-state index is -1.49. The van der Waals surface area contributed by atoms with Crippen LogP contribution < -0.4 is 17.1 Å². The van der Waals surface area contributed by atoms with Crippen molar-refractivity contribution in [1.29, 1.82) is 0 Å². The van der Waals surface area contributed by atoms with Crippen molar-refractivity contribution < 1.29 is 90.5 Å². The van der Waals surface area contributed by atoms with Crippen molar-refractivity contribution in [3.05, 3.63) is 145 Å². The molecule has 0 fully saturated rings. The second-order valence-corrected chi connectivity index (χ2v) is 13.8. The van der Waals surface area contributed by atoms with Gasteiger partial charge in [0.25, 0.3) is 0 Å². The molecule has 0 amide bonds. The van der Waals surface area contributed by atoms with Crippen LogP contribution in [0.3, 0.4) is 0 Å². The zero-order valence-corrected chi connectivity index (χ0v) is 38.8. The van der Waals surface area contributed by atoms with Crippen LogP contribution in [-0.4, -0.2) is 140 Å². The van der Waals surface area contributed by atoms with Gasteiger partial charge in [0.2, 0.25) is 0 Å². The molecule has 1 aromatic rings. The first kappa shape index (κ1) is 62.3. The third-order valence-electron chi connectivity index (χ3n) is 8.50. The molecular formula is C46H55N3O22. The molecule has 0 aliphatic heterocycles. The fourth-order valence-electron chi connectivity index (χ4n) is 4.83. The van der Waals surface area contributed by atoms with E-state index in [2.05, 4.69) is 59.2 Å². The van der Waals surface area contributed by atoms with E-state index in [4.69, 9.17) is 47.4 Å². The van der Waals surface area contributed by atoms with Crippen molar-refractivity contribution in [3.63, 3.8) is 0 Å². The molecule has 1 heterocycles. The predicted octanol–water partition coefficient (Wildman–Crippen LogP) is -0.290. The largest absolute Gasteiger partial charge is 0.462 e. The summed E-state index contributed by atoms with van der Waals surface area (Å²) in [6.45, 7) is 23.7. The number of aromatic nitrogens is 3. The number of nitrogens with zero attached hydrogens (tertiary/aromatic N) is 3. The first-order valence-electron chi connectivity index (χ1n) is 20.4. The highest BCUT2D eigenvalue weighted by Gasteiger charge is 2.40. The molecular weight excluding hydrogens is 947 g/mol. The maximum Gasteiger partial charge on any atom is 0.336 e. The molecule has 71 heavy (non-hydrogen) atoms. The SMILES string of the molecule is C=CC(=O)OCC(COCC(COC(=O)C=C)(COC(=O)C=C)COC(=O)C=C)(COC(=O)C=C)COC(=O)C=C.C=CC(=O)OCCn1c(=O)n(CCOC(=O)C=C)c(=O)n(CCOC(=O)C=C)c1=O. The number of esters is 9. The Morgan fingerprint density at radius 3 is 0.648 bits per heavy atom. The lowest BCUT2D eigenvalue weighted by molar-refractivity contribution is -0.169. The summed E-state index contributed by atoms with van der Waals surface area (Å²) in [5.74, 6) is -7.29. The van der Waals surface area contributed by atoms with Crippen LogP contribution in [0.25, 0.3) is 0 Å². The van der Waals surface area contributed by atoms with Crippen LogP contribution in [0.4, 0.5) is 0 Å². The smallest absolute Gasteiger partial charge is 0.336 e. The molecule has 0 aliphatic rings. The summed E-state index contributed by atoms with van der Waals surface area (Å²) in [6, 6.07) is 0. The number of carbonyl (C=O) groups is 9. The number of hydrogen-bond donors (Lipinski definition) is 0. The highest BCUT2D eigenvalue weighted by Crippen LogP contribution is 2.26. The van der Waals surface area contributed by atoms with E-state index in [1.807, 2.05) is 0 Å². The first-order chi connectivity index (χ1) is 33.7. The number of hydrogen-bond acceptors (Lipinski definition) is 22. The lowest BCUT2D eigenvalue weighted by atomic mass is 9.90. The molecule has 0 bridgehead atoms. The highest BCUT2D eigenvalue weighted by molar-refractivity contribution is 5.84. The molecule has 0 spiro atoms. The van der Waals surface area contributed by atoms with Crippen molar-refractivity contribution in [3.8, 4) is 0 Å². The molecule has 25 nitrogen and oxygen atoms in total. The average molecular weight is 1000 g/mol. The molecule has 1 aromatic heterocycles. The summed E-state index contributed by atoms with van der Waals surface area (Å²) in [5.41, 5.74) is -5.96. The van der Waals surface area contributed by atoms with E-state index >= 15 is 0 Å². The fourth-order valence-corrected chi connectivity index (χ4v) is 4.83. The molecule has 0 aromatic carbocycles. The van der Waals surface area contributed by atoms with E-state index < -0.39 is 134 Å². The van der Waals surface area contributed by atoms with Crippen LogP contribution in [-0.2, 0) is 110 Å². The third kappa shape index (κ3) is 23.7. The van der Waals surface area contributed by atoms with Crippen molar-refractivity contribution in [1.82, 2.24) is 13.7 Å². The molecule has 0 saturated carbocycles. The normalized spacial score (nSPS) is 10.3. The molecule has 0 aliphatic carbocycles. The van der Waals surface area contributed by atoms with Gasteiger partial charge in [-0.2, -0.15) is 0 Å². The van der Waals surface area contributed by atoms with Crippen LogP contribution >= 0.6 is 0 Å². The van der Waals surface area contributed by atoms with Crippen LogP contribution in [0.1, 0.15) is 0 Å². The summed E-state index contributed by atoms with van der Waals surface area (Å²) in [5, 5.41) is 0. The quantitative estimate of drug-likeness (QED) is 0.0486. The van der Waals surface area contributed by atoms with Crippen molar-refractivity contribution in [2.75, 3.05) is 72.7 Å². The highest BCUT2D eigenvalue weighted by atomic mass is 16.6. The summed E-state index contributed by atoms with van der Waals surface area (Å²) < 4.78 is 53.0. The summed E-state index contributed by atoms with van der Waals surface area (Å²) >= 11 is 0. The maximum absolute atomic E-state index is 12.6. The van der Waals surface area contributed by atoms with E-state index in [9.17, 15) is 57.5 Å². The minimum absolute atomic E-state index is 0.338. The standard InChI is InChI=1S/C28H34O13.C18H21N3O9/c1-7-21(29)36-15-27(16-37-22(30)8-2,17-38-23(31)9-3)13-35-14-28(18-39-24(32)10-4,19-40-25(33)11-5)20-41-26(34)12-6;1-4-13(22)28-10-7-19-16(25)20(8-11-29-14(23)5-2)18(27)21(17(19)26)9-12-30-15(24)6-3/h7-12H,1-6,13-20H2;4-6H,1-3,7-12H2. The lowest BCUT2D eigenvalue weighted by Gasteiger charge is -2.35. The predicted molar refractivity (Wildman–Crippen MR) is 245 cm³/mol. The summed E-state index contributed by atoms with van der Waals surface area (Å²) in [6.07, 6.45) is 8.04. The summed E-state index contributed by atoms with van der Waals surface area (Å²) in [4.78, 5) is 142. The van der Waals surface area contributed by atoms with Crippen molar-refractivity contribution in [2.24, 2.45) is 10.8 Å². The van der Waals surface area contributed by atoms with E-state index in [0.29, 0.717) is 13.7 Å². The van der Waals surface area contributed by atoms with E-state index in [0.717, 1.165) is 54.7 Å². The molecule has 0 saturated heterocycles. The van der Waals surface area contributed by atoms with Gasteiger partial charge in [0.05, 0.1) is 43.7 Å².